The number of hydrogen-bond donors (Lipinski definition) is 0. The van der Waals surface area contributed by atoms with Crippen LogP contribution in [-0.4, -0.2) is 59.0 Å². The summed E-state index contributed by atoms with van der Waals surface area (Å²) in [6, 6.07) is 0. The zero-order valence-corrected chi connectivity index (χ0v) is 10.8. The second-order valence-corrected chi connectivity index (χ2v) is 5.06. The SMILES string of the molecule is CN(C)C[C@@H]1CCN(C(=O)c2cncn2C)C1. The van der Waals surface area contributed by atoms with E-state index in [1.807, 2.05) is 11.9 Å². The topological polar surface area (TPSA) is 41.4 Å². The molecule has 0 unspecified atom stereocenters. The maximum Gasteiger partial charge on any atom is 0.272 e. The van der Waals surface area contributed by atoms with Crippen LogP contribution in [0.25, 0.3) is 0 Å². The smallest absolute Gasteiger partial charge is 0.272 e. The predicted molar refractivity (Wildman–Crippen MR) is 65.8 cm³/mol. The van der Waals surface area contributed by atoms with Gasteiger partial charge < -0.3 is 14.4 Å². The molecule has 2 rings (SSSR count). The van der Waals surface area contributed by atoms with Crippen molar-refractivity contribution in [3.8, 4) is 0 Å². The molecular formula is C12H20N4O. The molecule has 0 bridgehead atoms. The van der Waals surface area contributed by atoms with Crippen molar-refractivity contribution in [3.05, 3.63) is 18.2 Å². The Hall–Kier alpha value is -1.36. The van der Waals surface area contributed by atoms with Gasteiger partial charge in [0.15, 0.2) is 0 Å². The molecule has 0 spiro atoms. The van der Waals surface area contributed by atoms with Crippen LogP contribution in [-0.2, 0) is 7.05 Å². The van der Waals surface area contributed by atoms with Crippen molar-refractivity contribution in [1.29, 1.82) is 0 Å². The molecule has 1 aromatic heterocycles. The van der Waals surface area contributed by atoms with E-state index in [0.717, 1.165) is 26.1 Å². The van der Waals surface area contributed by atoms with Crippen molar-refractivity contribution >= 4 is 5.91 Å². The first kappa shape index (κ1) is 12.1. The lowest BCUT2D eigenvalue weighted by atomic mass is 10.1. The van der Waals surface area contributed by atoms with E-state index in [9.17, 15) is 4.79 Å². The molecule has 1 aliphatic rings. The molecule has 1 aliphatic heterocycles. The molecule has 0 N–H and O–H groups in total. The molecule has 0 saturated carbocycles. The molecule has 0 aromatic carbocycles. The Labute approximate surface area is 102 Å². The van der Waals surface area contributed by atoms with Gasteiger partial charge in [0, 0.05) is 26.7 Å². The van der Waals surface area contributed by atoms with Crippen LogP contribution in [0.2, 0.25) is 0 Å². The molecule has 1 saturated heterocycles. The van der Waals surface area contributed by atoms with Gasteiger partial charge in [-0.25, -0.2) is 4.98 Å². The predicted octanol–water partition coefficient (Wildman–Crippen LogP) is 0.444. The van der Waals surface area contributed by atoms with Crippen LogP contribution in [0.15, 0.2) is 12.5 Å². The van der Waals surface area contributed by atoms with E-state index < -0.39 is 0 Å². The lowest BCUT2D eigenvalue weighted by Gasteiger charge is -2.18. The van der Waals surface area contributed by atoms with Gasteiger partial charge in [-0.2, -0.15) is 0 Å². The number of hydrogen-bond acceptors (Lipinski definition) is 3. The summed E-state index contributed by atoms with van der Waals surface area (Å²) in [5.74, 6) is 0.702. The molecule has 1 aromatic rings. The van der Waals surface area contributed by atoms with Crippen LogP contribution in [0.1, 0.15) is 16.9 Å². The summed E-state index contributed by atoms with van der Waals surface area (Å²) in [5.41, 5.74) is 0.676. The van der Waals surface area contributed by atoms with E-state index >= 15 is 0 Å². The lowest BCUT2D eigenvalue weighted by Crippen LogP contribution is -2.31. The minimum Gasteiger partial charge on any atom is -0.337 e. The highest BCUT2D eigenvalue weighted by atomic mass is 16.2. The number of amides is 1. The Bertz CT molecular complexity index is 399. The van der Waals surface area contributed by atoms with Crippen LogP contribution < -0.4 is 0 Å². The average molecular weight is 236 g/mol. The fourth-order valence-electron chi connectivity index (χ4n) is 2.41. The van der Waals surface area contributed by atoms with Crippen LogP contribution >= 0.6 is 0 Å². The van der Waals surface area contributed by atoms with E-state index in [1.165, 1.54) is 0 Å². The Morgan fingerprint density at radius 1 is 1.59 bits per heavy atom. The Morgan fingerprint density at radius 3 is 2.94 bits per heavy atom. The van der Waals surface area contributed by atoms with Crippen LogP contribution in [0, 0.1) is 5.92 Å². The van der Waals surface area contributed by atoms with Gasteiger partial charge in [-0.05, 0) is 26.4 Å². The summed E-state index contributed by atoms with van der Waals surface area (Å²) in [5, 5.41) is 0. The molecule has 0 radical (unpaired) electrons. The first-order valence-corrected chi connectivity index (χ1v) is 5.98. The number of aromatic nitrogens is 2. The van der Waals surface area contributed by atoms with E-state index in [2.05, 4.69) is 24.0 Å². The van der Waals surface area contributed by atoms with Gasteiger partial charge in [0.25, 0.3) is 5.91 Å². The Kier molecular flexibility index (Phi) is 3.47. The highest BCUT2D eigenvalue weighted by molar-refractivity contribution is 5.92. The van der Waals surface area contributed by atoms with Crippen LogP contribution in [0.3, 0.4) is 0 Å². The van der Waals surface area contributed by atoms with Gasteiger partial charge in [0.2, 0.25) is 0 Å². The fraction of sp³-hybridized carbons (Fsp3) is 0.667. The molecule has 1 atom stereocenters. The molecular weight excluding hydrogens is 216 g/mol. The van der Waals surface area contributed by atoms with Gasteiger partial charge in [-0.1, -0.05) is 0 Å². The van der Waals surface area contributed by atoms with E-state index in [4.69, 9.17) is 0 Å². The van der Waals surface area contributed by atoms with Gasteiger partial charge in [0.1, 0.15) is 5.69 Å². The highest BCUT2D eigenvalue weighted by Crippen LogP contribution is 2.18. The third-order valence-electron chi connectivity index (χ3n) is 3.23. The summed E-state index contributed by atoms with van der Waals surface area (Å²) in [7, 11) is 6.00. The number of carbonyl (C=O) groups excluding carboxylic acids is 1. The monoisotopic (exact) mass is 236 g/mol. The van der Waals surface area contributed by atoms with Crippen molar-refractivity contribution in [2.45, 2.75) is 6.42 Å². The second kappa shape index (κ2) is 4.87. The minimum absolute atomic E-state index is 0.103. The zero-order chi connectivity index (χ0) is 12.4. The molecule has 94 valence electrons. The zero-order valence-electron chi connectivity index (χ0n) is 10.8. The number of rotatable bonds is 3. The van der Waals surface area contributed by atoms with E-state index in [0.29, 0.717) is 11.6 Å². The fourth-order valence-corrected chi connectivity index (χ4v) is 2.41. The normalized spacial score (nSPS) is 20.2. The van der Waals surface area contributed by atoms with Crippen molar-refractivity contribution < 1.29 is 4.79 Å². The highest BCUT2D eigenvalue weighted by Gasteiger charge is 2.28. The van der Waals surface area contributed by atoms with Crippen LogP contribution in [0.5, 0.6) is 0 Å². The largest absolute Gasteiger partial charge is 0.337 e. The van der Waals surface area contributed by atoms with Crippen LogP contribution in [0.4, 0.5) is 0 Å². The molecule has 1 fully saturated rings. The Balaban J connectivity index is 1.97. The van der Waals surface area contributed by atoms with Gasteiger partial charge in [-0.15, -0.1) is 0 Å². The summed E-state index contributed by atoms with van der Waals surface area (Å²) < 4.78 is 1.78. The molecule has 1 amide bonds. The third-order valence-corrected chi connectivity index (χ3v) is 3.23. The maximum absolute atomic E-state index is 12.2. The first-order chi connectivity index (χ1) is 8.08. The summed E-state index contributed by atoms with van der Waals surface area (Å²) >= 11 is 0. The Morgan fingerprint density at radius 2 is 2.35 bits per heavy atom. The van der Waals surface area contributed by atoms with Gasteiger partial charge in [0.05, 0.1) is 12.5 Å². The average Bonchev–Trinajstić information content (AvgIpc) is 2.85. The van der Waals surface area contributed by atoms with Crippen molar-refractivity contribution in [2.75, 3.05) is 33.7 Å². The standard InChI is InChI=1S/C12H20N4O/c1-14(2)7-10-4-5-16(8-10)12(17)11-6-13-9-15(11)3/h6,9-10H,4-5,7-8H2,1-3H3/t10-/m0/s1. The number of imidazole rings is 1. The lowest BCUT2D eigenvalue weighted by molar-refractivity contribution is 0.0775. The van der Waals surface area contributed by atoms with Crippen molar-refractivity contribution in [2.24, 2.45) is 13.0 Å². The molecule has 0 aliphatic carbocycles. The molecule has 5 nitrogen and oxygen atoms in total. The van der Waals surface area contributed by atoms with E-state index in [1.54, 1.807) is 17.1 Å². The maximum atomic E-state index is 12.2. The minimum atomic E-state index is 0.103. The van der Waals surface area contributed by atoms with Crippen molar-refractivity contribution in [3.63, 3.8) is 0 Å². The number of aryl methyl sites for hydroxylation is 1. The number of nitrogens with zero attached hydrogens (tertiary/aromatic N) is 4. The number of likely N-dealkylation sites (tertiary alicyclic amines) is 1. The summed E-state index contributed by atoms with van der Waals surface area (Å²) in [6.45, 7) is 2.78. The molecule has 2 heterocycles. The molecule has 17 heavy (non-hydrogen) atoms. The van der Waals surface area contributed by atoms with Crippen molar-refractivity contribution in [1.82, 2.24) is 19.4 Å². The third kappa shape index (κ3) is 2.66. The van der Waals surface area contributed by atoms with E-state index in [-0.39, 0.29) is 5.91 Å². The first-order valence-electron chi connectivity index (χ1n) is 5.98. The number of carbonyl (C=O) groups is 1. The second-order valence-electron chi connectivity index (χ2n) is 5.06. The van der Waals surface area contributed by atoms with Gasteiger partial charge >= 0.3 is 0 Å². The van der Waals surface area contributed by atoms with Gasteiger partial charge in [-0.3, -0.25) is 4.79 Å². The summed E-state index contributed by atoms with van der Waals surface area (Å²) in [4.78, 5) is 20.3. The summed E-state index contributed by atoms with van der Waals surface area (Å²) in [6.07, 6.45) is 4.41. The molecule has 5 heteroatoms. The quantitative estimate of drug-likeness (QED) is 0.765.